The molecule has 0 aliphatic heterocycles. The van der Waals surface area contributed by atoms with E-state index in [9.17, 15) is 9.59 Å². The van der Waals surface area contributed by atoms with Crippen LogP contribution < -0.4 is 10.6 Å². The molecule has 0 atom stereocenters. The van der Waals surface area contributed by atoms with E-state index >= 15 is 0 Å². The van der Waals surface area contributed by atoms with E-state index in [1.165, 1.54) is 6.92 Å². The summed E-state index contributed by atoms with van der Waals surface area (Å²) in [5.74, 6) is 0.105. The van der Waals surface area contributed by atoms with Crippen molar-refractivity contribution in [2.45, 2.75) is 17.6 Å². The highest BCUT2D eigenvalue weighted by Crippen LogP contribution is 2.34. The van der Waals surface area contributed by atoms with E-state index in [1.807, 2.05) is 48.5 Å². The second kappa shape index (κ2) is 9.69. The number of para-hydroxylation sites is 1. The van der Waals surface area contributed by atoms with Crippen molar-refractivity contribution in [2.75, 3.05) is 10.6 Å². The van der Waals surface area contributed by atoms with Crippen molar-refractivity contribution in [3.05, 3.63) is 88.1 Å². The smallest absolute Gasteiger partial charge is 0.291 e. The fourth-order valence-corrected chi connectivity index (χ4v) is 4.41. The lowest BCUT2D eigenvalue weighted by Gasteiger charge is -2.10. The number of thioether (sulfide) groups is 1. The topological polar surface area (TPSA) is 71.3 Å². The lowest BCUT2D eigenvalue weighted by molar-refractivity contribution is -0.114. The number of rotatable bonds is 6. The minimum Gasteiger partial charge on any atom is -0.451 e. The number of fused-ring (bicyclic) bond motifs is 1. The molecule has 3 aromatic carbocycles. The number of halogens is 2. The number of benzene rings is 3. The van der Waals surface area contributed by atoms with E-state index in [1.54, 1.807) is 30.0 Å². The standard InChI is InChI=1S/C24H18Cl2N2O3S/c1-14(29)27-16-8-11-20(26)21(12-16)28-24(30)23-19(18-4-2-3-5-22(18)31-23)13-32-17-9-6-15(25)7-10-17/h2-12H,13H2,1H3,(H,27,29)(H,28,30). The first-order valence-electron chi connectivity index (χ1n) is 9.68. The van der Waals surface area contributed by atoms with Gasteiger partial charge in [0.25, 0.3) is 5.91 Å². The predicted molar refractivity (Wildman–Crippen MR) is 131 cm³/mol. The fourth-order valence-electron chi connectivity index (χ4n) is 3.19. The van der Waals surface area contributed by atoms with Crippen LogP contribution in [0.15, 0.2) is 76.0 Å². The molecule has 0 radical (unpaired) electrons. The maximum absolute atomic E-state index is 13.2. The van der Waals surface area contributed by atoms with Gasteiger partial charge in [0.15, 0.2) is 5.76 Å². The van der Waals surface area contributed by atoms with Gasteiger partial charge in [-0.2, -0.15) is 0 Å². The van der Waals surface area contributed by atoms with Crippen molar-refractivity contribution in [3.8, 4) is 0 Å². The molecule has 1 heterocycles. The van der Waals surface area contributed by atoms with Gasteiger partial charge < -0.3 is 15.1 Å². The molecule has 32 heavy (non-hydrogen) atoms. The van der Waals surface area contributed by atoms with Gasteiger partial charge in [-0.15, -0.1) is 11.8 Å². The van der Waals surface area contributed by atoms with Crippen LogP contribution in [-0.4, -0.2) is 11.8 Å². The monoisotopic (exact) mass is 484 g/mol. The summed E-state index contributed by atoms with van der Waals surface area (Å²) in [5.41, 5.74) is 2.31. The van der Waals surface area contributed by atoms with Crippen LogP contribution in [0.2, 0.25) is 10.0 Å². The molecular weight excluding hydrogens is 467 g/mol. The number of hydrogen-bond donors (Lipinski definition) is 2. The molecule has 2 amide bonds. The Balaban J connectivity index is 1.63. The molecule has 0 spiro atoms. The highest BCUT2D eigenvalue weighted by atomic mass is 35.5. The molecule has 0 fully saturated rings. The molecule has 4 rings (SSSR count). The maximum atomic E-state index is 13.2. The van der Waals surface area contributed by atoms with Gasteiger partial charge in [0.1, 0.15) is 5.58 Å². The minimum atomic E-state index is -0.421. The Morgan fingerprint density at radius 2 is 1.72 bits per heavy atom. The summed E-state index contributed by atoms with van der Waals surface area (Å²) in [6.45, 7) is 1.41. The minimum absolute atomic E-state index is 0.216. The first-order valence-corrected chi connectivity index (χ1v) is 11.4. The average Bonchev–Trinajstić information content (AvgIpc) is 3.14. The van der Waals surface area contributed by atoms with Gasteiger partial charge in [0.05, 0.1) is 10.7 Å². The van der Waals surface area contributed by atoms with Gasteiger partial charge in [0.2, 0.25) is 5.91 Å². The third-order valence-corrected chi connectivity index (χ3v) is 6.26. The summed E-state index contributed by atoms with van der Waals surface area (Å²) in [6.07, 6.45) is 0. The van der Waals surface area contributed by atoms with Crippen LogP contribution in [0.3, 0.4) is 0 Å². The third kappa shape index (κ3) is 5.10. The van der Waals surface area contributed by atoms with Gasteiger partial charge >= 0.3 is 0 Å². The zero-order valence-electron chi connectivity index (χ0n) is 16.9. The highest BCUT2D eigenvalue weighted by molar-refractivity contribution is 7.98. The van der Waals surface area contributed by atoms with Gasteiger partial charge in [-0.05, 0) is 48.5 Å². The molecule has 4 aromatic rings. The predicted octanol–water partition coefficient (Wildman–Crippen LogP) is 7.24. The quantitative estimate of drug-likeness (QED) is 0.283. The first kappa shape index (κ1) is 22.3. The second-order valence-electron chi connectivity index (χ2n) is 6.98. The Morgan fingerprint density at radius 3 is 2.47 bits per heavy atom. The van der Waals surface area contributed by atoms with Crippen LogP contribution >= 0.6 is 35.0 Å². The van der Waals surface area contributed by atoms with Crippen LogP contribution in [0.1, 0.15) is 23.0 Å². The Hall–Kier alpha value is -2.93. The Labute approximate surface area is 199 Å². The average molecular weight is 485 g/mol. The molecule has 8 heteroatoms. The Kier molecular flexibility index (Phi) is 6.74. The second-order valence-corrected chi connectivity index (χ2v) is 8.87. The lowest BCUT2D eigenvalue weighted by Crippen LogP contribution is -2.14. The number of carbonyl (C=O) groups excluding carboxylic acids is 2. The summed E-state index contributed by atoms with van der Waals surface area (Å²) >= 11 is 13.8. The van der Waals surface area contributed by atoms with E-state index in [-0.39, 0.29) is 11.7 Å². The Bertz CT molecular complexity index is 1300. The third-order valence-electron chi connectivity index (χ3n) is 4.64. The summed E-state index contributed by atoms with van der Waals surface area (Å²) < 4.78 is 5.92. The zero-order chi connectivity index (χ0) is 22.7. The lowest BCUT2D eigenvalue weighted by atomic mass is 10.1. The molecule has 0 saturated carbocycles. The van der Waals surface area contributed by atoms with Crippen LogP contribution in [0, 0.1) is 0 Å². The van der Waals surface area contributed by atoms with Crippen molar-refractivity contribution in [1.82, 2.24) is 0 Å². The molecule has 2 N–H and O–H groups in total. The molecule has 162 valence electrons. The normalized spacial score (nSPS) is 10.8. The van der Waals surface area contributed by atoms with Crippen LogP contribution in [-0.2, 0) is 10.5 Å². The number of anilines is 2. The molecule has 0 aliphatic carbocycles. The van der Waals surface area contributed by atoms with E-state index in [4.69, 9.17) is 27.6 Å². The van der Waals surface area contributed by atoms with Crippen molar-refractivity contribution in [1.29, 1.82) is 0 Å². The number of carbonyl (C=O) groups is 2. The number of hydrogen-bond acceptors (Lipinski definition) is 4. The molecular formula is C24H18Cl2N2O3S. The maximum Gasteiger partial charge on any atom is 0.291 e. The van der Waals surface area contributed by atoms with Crippen LogP contribution in [0.25, 0.3) is 11.0 Å². The van der Waals surface area contributed by atoms with Crippen molar-refractivity contribution < 1.29 is 14.0 Å². The van der Waals surface area contributed by atoms with E-state index in [0.29, 0.717) is 32.8 Å². The van der Waals surface area contributed by atoms with Crippen molar-refractivity contribution >= 4 is 69.1 Å². The van der Waals surface area contributed by atoms with Crippen molar-refractivity contribution in [3.63, 3.8) is 0 Å². The number of amides is 2. The zero-order valence-corrected chi connectivity index (χ0v) is 19.3. The molecule has 0 saturated heterocycles. The highest BCUT2D eigenvalue weighted by Gasteiger charge is 2.21. The number of furan rings is 1. The summed E-state index contributed by atoms with van der Waals surface area (Å²) in [4.78, 5) is 25.5. The van der Waals surface area contributed by atoms with E-state index < -0.39 is 5.91 Å². The fraction of sp³-hybridized carbons (Fsp3) is 0.0833. The van der Waals surface area contributed by atoms with Crippen LogP contribution in [0.4, 0.5) is 11.4 Å². The summed E-state index contributed by atoms with van der Waals surface area (Å²) in [7, 11) is 0. The largest absolute Gasteiger partial charge is 0.451 e. The number of nitrogens with one attached hydrogen (secondary N) is 2. The molecule has 1 aromatic heterocycles. The van der Waals surface area contributed by atoms with Crippen LogP contribution in [0.5, 0.6) is 0 Å². The van der Waals surface area contributed by atoms with Gasteiger partial charge in [0, 0.05) is 39.2 Å². The molecule has 0 aliphatic rings. The van der Waals surface area contributed by atoms with E-state index in [0.717, 1.165) is 15.8 Å². The molecule has 5 nitrogen and oxygen atoms in total. The first-order chi connectivity index (χ1) is 15.4. The van der Waals surface area contributed by atoms with E-state index in [2.05, 4.69) is 10.6 Å². The van der Waals surface area contributed by atoms with Crippen molar-refractivity contribution in [2.24, 2.45) is 0 Å². The van der Waals surface area contributed by atoms with Gasteiger partial charge in [-0.1, -0.05) is 41.4 Å². The summed E-state index contributed by atoms with van der Waals surface area (Å²) in [5, 5.41) is 7.37. The SMILES string of the molecule is CC(=O)Nc1ccc(Cl)c(NC(=O)c2oc3ccccc3c2CSc2ccc(Cl)cc2)c1. The summed E-state index contributed by atoms with van der Waals surface area (Å²) in [6, 6.07) is 19.9. The molecule has 0 unspecified atom stereocenters. The van der Waals surface area contributed by atoms with Gasteiger partial charge in [-0.25, -0.2) is 0 Å². The molecule has 0 bridgehead atoms. The van der Waals surface area contributed by atoms with Gasteiger partial charge in [-0.3, -0.25) is 9.59 Å². The Morgan fingerprint density at radius 1 is 0.969 bits per heavy atom.